The maximum absolute atomic E-state index is 12.5. The first-order chi connectivity index (χ1) is 9.63. The van der Waals surface area contributed by atoms with Crippen LogP contribution in [0.3, 0.4) is 0 Å². The van der Waals surface area contributed by atoms with Crippen molar-refractivity contribution in [3.8, 4) is 5.75 Å². The van der Waals surface area contributed by atoms with E-state index in [1.807, 2.05) is 0 Å². The highest BCUT2D eigenvalue weighted by Gasteiger charge is 2.47. The van der Waals surface area contributed by atoms with Gasteiger partial charge in [0.25, 0.3) is 5.91 Å². The predicted molar refractivity (Wildman–Crippen MR) is 74.6 cm³/mol. The van der Waals surface area contributed by atoms with Crippen LogP contribution in [0.5, 0.6) is 5.75 Å². The minimum absolute atomic E-state index is 0.169. The van der Waals surface area contributed by atoms with E-state index in [9.17, 15) is 9.59 Å². The maximum atomic E-state index is 12.5. The topological polar surface area (TPSA) is 75.9 Å². The van der Waals surface area contributed by atoms with Gasteiger partial charge in [-0.05, 0) is 31.4 Å². The van der Waals surface area contributed by atoms with Gasteiger partial charge in [-0.2, -0.15) is 0 Å². The van der Waals surface area contributed by atoms with Gasteiger partial charge in [0.05, 0.1) is 12.8 Å². The van der Waals surface area contributed by atoms with E-state index in [1.165, 1.54) is 12.0 Å². The number of urea groups is 1. The summed E-state index contributed by atoms with van der Waals surface area (Å²) < 4.78 is 5.24. The van der Waals surface area contributed by atoms with Crippen LogP contribution in [0.2, 0.25) is 0 Å². The Bertz CT molecular complexity index is 549. The summed E-state index contributed by atoms with van der Waals surface area (Å²) in [6.07, 6.45) is 2.66. The molecule has 1 aromatic rings. The smallest absolute Gasteiger partial charge is 0.332 e. The lowest BCUT2D eigenvalue weighted by atomic mass is 10.0. The van der Waals surface area contributed by atoms with Crippen molar-refractivity contribution in [2.75, 3.05) is 24.3 Å². The number of rotatable bonds is 2. The highest BCUT2D eigenvalue weighted by Crippen LogP contribution is 2.36. The average molecular weight is 275 g/mol. The Kier molecular flexibility index (Phi) is 3.00. The van der Waals surface area contributed by atoms with Gasteiger partial charge in [-0.1, -0.05) is 0 Å². The zero-order chi connectivity index (χ0) is 14.3. The molecule has 0 aliphatic carbocycles. The van der Waals surface area contributed by atoms with E-state index in [4.69, 9.17) is 10.5 Å². The van der Waals surface area contributed by atoms with Crippen molar-refractivity contribution in [3.05, 3.63) is 18.2 Å². The summed E-state index contributed by atoms with van der Waals surface area (Å²) in [5, 5.41) is 0. The van der Waals surface area contributed by atoms with Crippen LogP contribution >= 0.6 is 0 Å². The molecule has 0 spiro atoms. The largest absolute Gasteiger partial charge is 0.494 e. The van der Waals surface area contributed by atoms with Crippen LogP contribution in [0.1, 0.15) is 19.3 Å². The normalized spacial score (nSPS) is 22.1. The highest BCUT2D eigenvalue weighted by molar-refractivity contribution is 6.22. The summed E-state index contributed by atoms with van der Waals surface area (Å²) >= 11 is 0. The summed E-state index contributed by atoms with van der Waals surface area (Å²) in [5.41, 5.74) is 6.70. The van der Waals surface area contributed by atoms with Crippen molar-refractivity contribution in [1.82, 2.24) is 4.90 Å². The molecule has 2 fully saturated rings. The Morgan fingerprint density at radius 3 is 2.80 bits per heavy atom. The molecule has 2 heterocycles. The van der Waals surface area contributed by atoms with E-state index in [1.54, 1.807) is 23.1 Å². The molecule has 2 saturated heterocycles. The number of fused-ring (bicyclic) bond motifs is 1. The zero-order valence-electron chi connectivity index (χ0n) is 11.3. The van der Waals surface area contributed by atoms with Gasteiger partial charge < -0.3 is 15.4 Å². The van der Waals surface area contributed by atoms with Crippen LogP contribution in [0.25, 0.3) is 0 Å². The zero-order valence-corrected chi connectivity index (χ0v) is 11.3. The molecule has 106 valence electrons. The second-order valence-electron chi connectivity index (χ2n) is 5.09. The fourth-order valence-corrected chi connectivity index (χ4v) is 2.89. The van der Waals surface area contributed by atoms with E-state index in [0.717, 1.165) is 19.3 Å². The number of amides is 3. The molecule has 20 heavy (non-hydrogen) atoms. The number of nitrogens with two attached hydrogens (primary N) is 1. The Labute approximate surface area is 117 Å². The number of hydrogen-bond acceptors (Lipinski definition) is 4. The molecule has 3 amide bonds. The molecule has 1 atom stereocenters. The van der Waals surface area contributed by atoms with Gasteiger partial charge >= 0.3 is 6.03 Å². The Morgan fingerprint density at radius 1 is 1.30 bits per heavy atom. The van der Waals surface area contributed by atoms with Crippen molar-refractivity contribution in [1.29, 1.82) is 0 Å². The standard InChI is InChI=1S/C14H17N3O3/c1-20-12-8-9(15)5-6-10(12)17-13(18)11-4-2-3-7-16(11)14(17)19/h5-6,8,11H,2-4,7,15H2,1H3. The number of nitrogens with zero attached hydrogens (tertiary/aromatic N) is 2. The quantitative estimate of drug-likeness (QED) is 0.657. The number of methoxy groups -OCH3 is 1. The van der Waals surface area contributed by atoms with Crippen molar-refractivity contribution in [3.63, 3.8) is 0 Å². The van der Waals surface area contributed by atoms with E-state index < -0.39 is 0 Å². The molecule has 2 aliphatic rings. The summed E-state index contributed by atoms with van der Waals surface area (Å²) in [6.45, 7) is 0.642. The Hall–Kier alpha value is -2.24. The lowest BCUT2D eigenvalue weighted by Gasteiger charge is -2.26. The summed E-state index contributed by atoms with van der Waals surface area (Å²) in [7, 11) is 1.50. The molecule has 0 aromatic heterocycles. The first-order valence-corrected chi connectivity index (χ1v) is 6.71. The van der Waals surface area contributed by atoms with Crippen LogP contribution in [0, 0.1) is 0 Å². The maximum Gasteiger partial charge on any atom is 0.332 e. The van der Waals surface area contributed by atoms with Crippen molar-refractivity contribution < 1.29 is 14.3 Å². The minimum atomic E-state index is -0.321. The number of benzene rings is 1. The van der Waals surface area contributed by atoms with Gasteiger partial charge in [0.2, 0.25) is 0 Å². The number of ether oxygens (including phenoxy) is 1. The summed E-state index contributed by atoms with van der Waals surface area (Å²) in [6, 6.07) is 4.35. The van der Waals surface area contributed by atoms with E-state index in [2.05, 4.69) is 0 Å². The van der Waals surface area contributed by atoms with Gasteiger partial charge in [0, 0.05) is 18.3 Å². The number of imide groups is 1. The number of anilines is 2. The number of nitrogen functional groups attached to an aromatic ring is 1. The number of carbonyl (C=O) groups is 2. The Balaban J connectivity index is 2.01. The fraction of sp³-hybridized carbons (Fsp3) is 0.429. The molecule has 1 unspecified atom stereocenters. The second kappa shape index (κ2) is 4.70. The lowest BCUT2D eigenvalue weighted by molar-refractivity contribution is -0.120. The van der Waals surface area contributed by atoms with Crippen molar-refractivity contribution in [2.24, 2.45) is 0 Å². The monoisotopic (exact) mass is 275 g/mol. The average Bonchev–Trinajstić information content (AvgIpc) is 2.72. The first-order valence-electron chi connectivity index (χ1n) is 6.71. The third kappa shape index (κ3) is 1.79. The molecule has 0 bridgehead atoms. The third-order valence-electron chi connectivity index (χ3n) is 3.89. The lowest BCUT2D eigenvalue weighted by Crippen LogP contribution is -2.39. The molecule has 6 heteroatoms. The summed E-state index contributed by atoms with van der Waals surface area (Å²) in [5.74, 6) is 0.268. The summed E-state index contributed by atoms with van der Waals surface area (Å²) in [4.78, 5) is 27.8. The van der Waals surface area contributed by atoms with Gasteiger partial charge in [0.1, 0.15) is 11.8 Å². The molecule has 1 aromatic carbocycles. The van der Waals surface area contributed by atoms with E-state index >= 15 is 0 Å². The molecule has 6 nitrogen and oxygen atoms in total. The van der Waals surface area contributed by atoms with E-state index in [0.29, 0.717) is 23.7 Å². The van der Waals surface area contributed by atoms with Crippen LogP contribution in [0.15, 0.2) is 18.2 Å². The van der Waals surface area contributed by atoms with Crippen LogP contribution in [0.4, 0.5) is 16.2 Å². The van der Waals surface area contributed by atoms with Crippen LogP contribution in [-0.4, -0.2) is 36.5 Å². The van der Waals surface area contributed by atoms with Gasteiger partial charge in [-0.15, -0.1) is 0 Å². The van der Waals surface area contributed by atoms with Crippen LogP contribution in [-0.2, 0) is 4.79 Å². The highest BCUT2D eigenvalue weighted by atomic mass is 16.5. The molecular weight excluding hydrogens is 258 g/mol. The van der Waals surface area contributed by atoms with Gasteiger partial charge in [-0.3, -0.25) is 4.79 Å². The minimum Gasteiger partial charge on any atom is -0.494 e. The first kappa shape index (κ1) is 12.8. The molecule has 3 rings (SSSR count). The second-order valence-corrected chi connectivity index (χ2v) is 5.09. The SMILES string of the molecule is COc1cc(N)ccc1N1C(=O)C2CCCCN2C1=O. The molecule has 0 saturated carbocycles. The van der Waals surface area contributed by atoms with Gasteiger partial charge in [0.15, 0.2) is 0 Å². The number of piperidine rings is 1. The third-order valence-corrected chi connectivity index (χ3v) is 3.89. The number of hydrogen-bond donors (Lipinski definition) is 1. The van der Waals surface area contributed by atoms with E-state index in [-0.39, 0.29) is 18.0 Å². The molecule has 2 N–H and O–H groups in total. The fourth-order valence-electron chi connectivity index (χ4n) is 2.89. The molecule has 0 radical (unpaired) electrons. The number of carbonyl (C=O) groups excluding carboxylic acids is 2. The van der Waals surface area contributed by atoms with Crippen LogP contribution < -0.4 is 15.4 Å². The van der Waals surface area contributed by atoms with Crippen molar-refractivity contribution >= 4 is 23.3 Å². The van der Waals surface area contributed by atoms with Crippen molar-refractivity contribution in [2.45, 2.75) is 25.3 Å². The predicted octanol–water partition coefficient (Wildman–Crippen LogP) is 1.60. The molecular formula is C14H17N3O3. The molecule has 2 aliphatic heterocycles. The Morgan fingerprint density at radius 2 is 2.10 bits per heavy atom. The van der Waals surface area contributed by atoms with Gasteiger partial charge in [-0.25, -0.2) is 9.69 Å².